The Hall–Kier alpha value is -1.68. The lowest BCUT2D eigenvalue weighted by Crippen LogP contribution is -2.36. The summed E-state index contributed by atoms with van der Waals surface area (Å²) in [6.45, 7) is 5.56. The number of nitrogens with zero attached hydrogens (tertiary/aromatic N) is 4. The highest BCUT2D eigenvalue weighted by atomic mass is 15.4. The maximum Gasteiger partial charge on any atom is 0.0936 e. The molecule has 4 nitrogen and oxygen atoms in total. The lowest BCUT2D eigenvalue weighted by atomic mass is 10.0. The smallest absolute Gasteiger partial charge is 0.0936 e. The first-order chi connectivity index (χ1) is 9.33. The molecule has 19 heavy (non-hydrogen) atoms. The molecule has 4 heteroatoms. The number of aromatic nitrogens is 3. The molecule has 0 saturated carbocycles. The minimum atomic E-state index is 0.797. The molecule has 0 spiro atoms. The predicted molar refractivity (Wildman–Crippen MR) is 75.4 cm³/mol. The molecular formula is C15H20N4. The number of hydrogen-bond acceptors (Lipinski definition) is 3. The van der Waals surface area contributed by atoms with Crippen LogP contribution in [0.1, 0.15) is 19.8 Å². The lowest BCUT2D eigenvalue weighted by molar-refractivity contribution is 0.140. The molecule has 3 rings (SSSR count). The molecule has 0 bridgehead atoms. The van der Waals surface area contributed by atoms with E-state index in [1.807, 2.05) is 18.5 Å². The molecule has 0 N–H and O–H groups in total. The van der Waals surface area contributed by atoms with Crippen LogP contribution in [0.25, 0.3) is 11.3 Å². The summed E-state index contributed by atoms with van der Waals surface area (Å²) >= 11 is 0. The quantitative estimate of drug-likeness (QED) is 0.846. The Labute approximate surface area is 114 Å². The molecule has 1 aliphatic rings. The van der Waals surface area contributed by atoms with Gasteiger partial charge >= 0.3 is 0 Å². The molecular weight excluding hydrogens is 236 g/mol. The fourth-order valence-corrected chi connectivity index (χ4v) is 2.81. The van der Waals surface area contributed by atoms with Gasteiger partial charge in [0.2, 0.25) is 0 Å². The van der Waals surface area contributed by atoms with Crippen molar-refractivity contribution in [2.45, 2.75) is 26.4 Å². The first-order valence-corrected chi connectivity index (χ1v) is 6.97. The van der Waals surface area contributed by atoms with Crippen LogP contribution < -0.4 is 0 Å². The van der Waals surface area contributed by atoms with Crippen molar-refractivity contribution in [1.29, 1.82) is 0 Å². The van der Waals surface area contributed by atoms with E-state index in [4.69, 9.17) is 0 Å². The van der Waals surface area contributed by atoms with Gasteiger partial charge in [-0.25, -0.2) is 0 Å². The van der Waals surface area contributed by atoms with Gasteiger partial charge in [-0.1, -0.05) is 6.92 Å². The first-order valence-electron chi connectivity index (χ1n) is 6.97. The molecule has 0 aliphatic carbocycles. The van der Waals surface area contributed by atoms with Gasteiger partial charge in [0.25, 0.3) is 0 Å². The van der Waals surface area contributed by atoms with Crippen molar-refractivity contribution in [3.63, 3.8) is 0 Å². The molecule has 2 aromatic rings. The second-order valence-corrected chi connectivity index (χ2v) is 5.42. The third-order valence-electron chi connectivity index (χ3n) is 3.75. The summed E-state index contributed by atoms with van der Waals surface area (Å²) in [5, 5.41) is 4.46. The van der Waals surface area contributed by atoms with Crippen LogP contribution in [0, 0.1) is 5.92 Å². The second kappa shape index (κ2) is 5.53. The van der Waals surface area contributed by atoms with E-state index in [-0.39, 0.29) is 0 Å². The second-order valence-electron chi connectivity index (χ2n) is 5.42. The number of pyridine rings is 1. The Morgan fingerprint density at radius 3 is 3.05 bits per heavy atom. The first kappa shape index (κ1) is 12.4. The van der Waals surface area contributed by atoms with E-state index in [2.05, 4.69) is 38.7 Å². The largest absolute Gasteiger partial charge is 0.284 e. The number of rotatable bonds is 3. The van der Waals surface area contributed by atoms with E-state index in [1.165, 1.54) is 25.9 Å². The molecule has 1 saturated heterocycles. The summed E-state index contributed by atoms with van der Waals surface area (Å²) in [6.07, 6.45) is 8.22. The highest BCUT2D eigenvalue weighted by molar-refractivity contribution is 5.57. The molecule has 2 aromatic heterocycles. The van der Waals surface area contributed by atoms with Gasteiger partial charge in [0.15, 0.2) is 0 Å². The van der Waals surface area contributed by atoms with Crippen molar-refractivity contribution in [2.75, 3.05) is 13.1 Å². The standard InChI is InChI=1S/C15H20N4/c1-13-4-3-9-18(11-13)12-19-15(6-8-17-19)14-5-2-7-16-10-14/h2,5-8,10,13H,3-4,9,11-12H2,1H3/t13-/m0/s1. The zero-order chi connectivity index (χ0) is 13.1. The zero-order valence-electron chi connectivity index (χ0n) is 11.4. The summed E-state index contributed by atoms with van der Waals surface area (Å²) in [5.41, 5.74) is 2.27. The molecule has 1 fully saturated rings. The molecule has 0 amide bonds. The third kappa shape index (κ3) is 2.84. The van der Waals surface area contributed by atoms with Gasteiger partial charge in [0, 0.05) is 30.7 Å². The number of hydrogen-bond donors (Lipinski definition) is 0. The maximum atomic E-state index is 4.46. The Kier molecular flexibility index (Phi) is 3.60. The predicted octanol–water partition coefficient (Wildman–Crippen LogP) is 2.63. The Balaban J connectivity index is 1.77. The number of piperidine rings is 1. The van der Waals surface area contributed by atoms with Crippen molar-refractivity contribution in [3.8, 4) is 11.3 Å². The van der Waals surface area contributed by atoms with E-state index >= 15 is 0 Å². The van der Waals surface area contributed by atoms with Gasteiger partial charge in [-0.05, 0) is 43.5 Å². The van der Waals surface area contributed by atoms with Gasteiger partial charge in [-0.3, -0.25) is 14.6 Å². The molecule has 0 aromatic carbocycles. The molecule has 0 radical (unpaired) electrons. The molecule has 1 atom stereocenters. The van der Waals surface area contributed by atoms with Crippen molar-refractivity contribution in [3.05, 3.63) is 36.8 Å². The van der Waals surface area contributed by atoms with Crippen LogP contribution >= 0.6 is 0 Å². The SMILES string of the molecule is C[C@H]1CCCN(Cn2nccc2-c2cccnc2)C1. The average molecular weight is 256 g/mol. The van der Waals surface area contributed by atoms with Gasteiger partial charge in [-0.2, -0.15) is 5.10 Å². The summed E-state index contributed by atoms with van der Waals surface area (Å²) in [4.78, 5) is 6.67. The van der Waals surface area contributed by atoms with Crippen LogP contribution in [0.4, 0.5) is 0 Å². The van der Waals surface area contributed by atoms with Crippen LogP contribution in [0.3, 0.4) is 0 Å². The lowest BCUT2D eigenvalue weighted by Gasteiger charge is -2.31. The summed E-state index contributed by atoms with van der Waals surface area (Å²) in [7, 11) is 0. The van der Waals surface area contributed by atoms with E-state index in [1.54, 1.807) is 6.20 Å². The highest BCUT2D eigenvalue weighted by Gasteiger charge is 2.17. The average Bonchev–Trinajstić information content (AvgIpc) is 2.88. The molecule has 3 heterocycles. The monoisotopic (exact) mass is 256 g/mol. The van der Waals surface area contributed by atoms with E-state index in [9.17, 15) is 0 Å². The van der Waals surface area contributed by atoms with Crippen molar-refractivity contribution >= 4 is 0 Å². The highest BCUT2D eigenvalue weighted by Crippen LogP contribution is 2.20. The van der Waals surface area contributed by atoms with Crippen molar-refractivity contribution in [1.82, 2.24) is 19.7 Å². The minimum Gasteiger partial charge on any atom is -0.284 e. The summed E-state index contributed by atoms with van der Waals surface area (Å²) in [5.74, 6) is 0.797. The van der Waals surface area contributed by atoms with Gasteiger partial charge in [0.1, 0.15) is 0 Å². The van der Waals surface area contributed by atoms with Crippen LogP contribution in [-0.2, 0) is 6.67 Å². The topological polar surface area (TPSA) is 34.0 Å². The Morgan fingerprint density at radius 1 is 1.32 bits per heavy atom. The van der Waals surface area contributed by atoms with Crippen LogP contribution in [-0.4, -0.2) is 32.8 Å². The van der Waals surface area contributed by atoms with E-state index in [0.29, 0.717) is 0 Å². The summed E-state index contributed by atoms with van der Waals surface area (Å²) < 4.78 is 2.08. The van der Waals surface area contributed by atoms with Crippen LogP contribution in [0.15, 0.2) is 36.8 Å². The normalized spacial score (nSPS) is 20.6. The molecule has 1 aliphatic heterocycles. The minimum absolute atomic E-state index is 0.797. The zero-order valence-corrected chi connectivity index (χ0v) is 11.4. The van der Waals surface area contributed by atoms with Crippen LogP contribution in [0.2, 0.25) is 0 Å². The number of likely N-dealkylation sites (tertiary alicyclic amines) is 1. The molecule has 100 valence electrons. The molecule has 0 unspecified atom stereocenters. The van der Waals surface area contributed by atoms with E-state index in [0.717, 1.165) is 23.8 Å². The fraction of sp³-hybridized carbons (Fsp3) is 0.467. The van der Waals surface area contributed by atoms with E-state index < -0.39 is 0 Å². The van der Waals surface area contributed by atoms with Crippen molar-refractivity contribution in [2.24, 2.45) is 5.92 Å². The van der Waals surface area contributed by atoms with Gasteiger partial charge in [-0.15, -0.1) is 0 Å². The summed E-state index contributed by atoms with van der Waals surface area (Å²) in [6, 6.07) is 6.11. The van der Waals surface area contributed by atoms with Crippen LogP contribution in [0.5, 0.6) is 0 Å². The van der Waals surface area contributed by atoms with Gasteiger partial charge < -0.3 is 0 Å². The van der Waals surface area contributed by atoms with Gasteiger partial charge in [0.05, 0.1) is 12.4 Å². The van der Waals surface area contributed by atoms with Crippen molar-refractivity contribution < 1.29 is 0 Å². The Morgan fingerprint density at radius 2 is 2.26 bits per heavy atom. The fourth-order valence-electron chi connectivity index (χ4n) is 2.81. The third-order valence-corrected chi connectivity index (χ3v) is 3.75. The Bertz CT molecular complexity index is 520. The maximum absolute atomic E-state index is 4.46.